The third-order valence-electron chi connectivity index (χ3n) is 6.15. The molecular formula is C18H38N4. The van der Waals surface area contributed by atoms with Gasteiger partial charge in [0.25, 0.3) is 0 Å². The molecule has 5 atom stereocenters. The van der Waals surface area contributed by atoms with Crippen molar-refractivity contribution < 1.29 is 0 Å². The van der Waals surface area contributed by atoms with Crippen LogP contribution in [0.2, 0.25) is 0 Å². The Morgan fingerprint density at radius 2 is 1.45 bits per heavy atom. The number of nitrogens with one attached hydrogen (secondary N) is 4. The van der Waals surface area contributed by atoms with Gasteiger partial charge in [-0.2, -0.15) is 0 Å². The van der Waals surface area contributed by atoms with Crippen LogP contribution in [0.4, 0.5) is 0 Å². The molecule has 0 amide bonds. The molecule has 0 spiro atoms. The van der Waals surface area contributed by atoms with Gasteiger partial charge in [-0.25, -0.2) is 0 Å². The van der Waals surface area contributed by atoms with Gasteiger partial charge >= 0.3 is 0 Å². The predicted molar refractivity (Wildman–Crippen MR) is 94.8 cm³/mol. The van der Waals surface area contributed by atoms with Crippen LogP contribution in [0.3, 0.4) is 0 Å². The summed E-state index contributed by atoms with van der Waals surface area (Å²) in [5.41, 5.74) is 0. The molecular weight excluding hydrogens is 272 g/mol. The topological polar surface area (TPSA) is 48.1 Å². The summed E-state index contributed by atoms with van der Waals surface area (Å²) in [7, 11) is 6.34. The monoisotopic (exact) mass is 310 g/mol. The Morgan fingerprint density at radius 3 is 2.05 bits per heavy atom. The van der Waals surface area contributed by atoms with Crippen LogP contribution in [-0.4, -0.2) is 39.5 Å². The maximum atomic E-state index is 3.89. The molecule has 4 heteroatoms. The number of hydrogen-bond acceptors (Lipinski definition) is 4. The highest BCUT2D eigenvalue weighted by Gasteiger charge is 2.34. The second-order valence-corrected chi connectivity index (χ2v) is 7.54. The van der Waals surface area contributed by atoms with Crippen molar-refractivity contribution in [1.29, 1.82) is 0 Å². The molecule has 2 rings (SSSR count). The average molecular weight is 311 g/mol. The summed E-state index contributed by atoms with van der Waals surface area (Å²) >= 11 is 0. The molecule has 0 aromatic rings. The second-order valence-electron chi connectivity index (χ2n) is 7.54. The van der Waals surface area contributed by atoms with E-state index >= 15 is 0 Å². The van der Waals surface area contributed by atoms with Crippen molar-refractivity contribution in [3.8, 4) is 0 Å². The van der Waals surface area contributed by atoms with Crippen molar-refractivity contribution in [2.45, 2.75) is 76.7 Å². The Morgan fingerprint density at radius 1 is 0.773 bits per heavy atom. The molecule has 4 nitrogen and oxygen atoms in total. The van der Waals surface area contributed by atoms with Gasteiger partial charge in [-0.05, 0) is 58.2 Å². The van der Waals surface area contributed by atoms with Crippen LogP contribution >= 0.6 is 0 Å². The third kappa shape index (κ3) is 4.67. The third-order valence-corrected chi connectivity index (χ3v) is 6.15. The molecule has 0 aromatic carbocycles. The van der Waals surface area contributed by atoms with Crippen molar-refractivity contribution >= 4 is 0 Å². The first kappa shape index (κ1) is 18.2. The van der Waals surface area contributed by atoms with Gasteiger partial charge in [0.15, 0.2) is 0 Å². The first-order chi connectivity index (χ1) is 10.7. The molecule has 1 aliphatic heterocycles. The predicted octanol–water partition coefficient (Wildman–Crippen LogP) is 2.27. The quantitative estimate of drug-likeness (QED) is 0.643. The van der Waals surface area contributed by atoms with Crippen LogP contribution in [0, 0.1) is 17.8 Å². The number of rotatable bonds is 4. The van der Waals surface area contributed by atoms with E-state index in [0.717, 1.165) is 11.8 Å². The maximum Gasteiger partial charge on any atom is 0.0612 e. The second kappa shape index (κ2) is 9.21. The SMILES string of the molecule is CNC1CCC(C2CCCCC2)C(NC)N[C@H](NC)[C@@H](C)C1. The van der Waals surface area contributed by atoms with Crippen LogP contribution in [-0.2, 0) is 0 Å². The largest absolute Gasteiger partial charge is 0.317 e. The highest BCUT2D eigenvalue weighted by Crippen LogP contribution is 2.35. The summed E-state index contributed by atoms with van der Waals surface area (Å²) in [5.74, 6) is 2.27. The van der Waals surface area contributed by atoms with Gasteiger partial charge in [-0.1, -0.05) is 39.0 Å². The molecule has 0 aromatic heterocycles. The lowest BCUT2D eigenvalue weighted by atomic mass is 9.76. The molecule has 1 saturated carbocycles. The fourth-order valence-corrected chi connectivity index (χ4v) is 4.74. The van der Waals surface area contributed by atoms with Gasteiger partial charge in [0.05, 0.1) is 12.3 Å². The zero-order valence-corrected chi connectivity index (χ0v) is 15.1. The van der Waals surface area contributed by atoms with Crippen molar-refractivity contribution in [2.24, 2.45) is 17.8 Å². The molecule has 130 valence electrons. The molecule has 4 N–H and O–H groups in total. The van der Waals surface area contributed by atoms with Crippen LogP contribution in [0.15, 0.2) is 0 Å². The normalized spacial score (nSPS) is 39.0. The van der Waals surface area contributed by atoms with Crippen molar-refractivity contribution in [3.63, 3.8) is 0 Å². The molecule has 2 fully saturated rings. The first-order valence-electron chi connectivity index (χ1n) is 9.47. The van der Waals surface area contributed by atoms with E-state index in [-0.39, 0.29) is 0 Å². The van der Waals surface area contributed by atoms with Gasteiger partial charge in [0, 0.05) is 6.04 Å². The highest BCUT2D eigenvalue weighted by atomic mass is 15.2. The molecule has 22 heavy (non-hydrogen) atoms. The summed E-state index contributed by atoms with van der Waals surface area (Å²) in [6, 6.07) is 0.648. The maximum absolute atomic E-state index is 3.89. The average Bonchev–Trinajstić information content (AvgIpc) is 2.63. The Bertz CT molecular complexity index is 303. The molecule has 2 aliphatic rings. The van der Waals surface area contributed by atoms with E-state index in [1.807, 2.05) is 0 Å². The molecule has 1 saturated heterocycles. The van der Waals surface area contributed by atoms with Crippen LogP contribution in [0.5, 0.6) is 0 Å². The fourth-order valence-electron chi connectivity index (χ4n) is 4.74. The summed E-state index contributed by atoms with van der Waals surface area (Å²) < 4.78 is 0. The van der Waals surface area contributed by atoms with E-state index in [1.54, 1.807) is 0 Å². The standard InChI is InChI=1S/C18H38N4/c1-13-12-15(19-2)10-11-16(14-8-6-5-7-9-14)18(21-4)22-17(13)20-3/h13-22H,5-12H2,1-4H3/t13-,15?,16?,17-,18?/m0/s1. The summed E-state index contributed by atoms with van der Waals surface area (Å²) in [5, 5.41) is 14.5. The molecule has 3 unspecified atom stereocenters. The molecule has 0 bridgehead atoms. The van der Waals surface area contributed by atoms with Gasteiger partial charge in [-0.3, -0.25) is 5.32 Å². The van der Waals surface area contributed by atoms with Crippen LogP contribution in [0.25, 0.3) is 0 Å². The summed E-state index contributed by atoms with van der Waals surface area (Å²) in [6.07, 6.45) is 11.8. The molecule has 1 aliphatic carbocycles. The fraction of sp³-hybridized carbons (Fsp3) is 1.00. The van der Waals surface area contributed by atoms with Crippen LogP contribution < -0.4 is 21.3 Å². The Hall–Kier alpha value is -0.160. The van der Waals surface area contributed by atoms with E-state index in [4.69, 9.17) is 0 Å². The Balaban J connectivity index is 2.14. The minimum Gasteiger partial charge on any atom is -0.317 e. The van der Waals surface area contributed by atoms with Crippen molar-refractivity contribution in [2.75, 3.05) is 21.1 Å². The lowest BCUT2D eigenvalue weighted by Gasteiger charge is -2.38. The van der Waals surface area contributed by atoms with E-state index in [1.165, 1.54) is 51.4 Å². The van der Waals surface area contributed by atoms with Crippen molar-refractivity contribution in [1.82, 2.24) is 21.3 Å². The van der Waals surface area contributed by atoms with E-state index in [9.17, 15) is 0 Å². The lowest BCUT2D eigenvalue weighted by Crippen LogP contribution is -2.57. The Labute approximate surface area is 137 Å². The van der Waals surface area contributed by atoms with Gasteiger partial charge < -0.3 is 16.0 Å². The van der Waals surface area contributed by atoms with E-state index < -0.39 is 0 Å². The highest BCUT2D eigenvalue weighted by molar-refractivity contribution is 4.88. The Kier molecular flexibility index (Phi) is 7.61. The van der Waals surface area contributed by atoms with Gasteiger partial charge in [0.2, 0.25) is 0 Å². The zero-order chi connectivity index (χ0) is 15.9. The first-order valence-corrected chi connectivity index (χ1v) is 9.47. The van der Waals surface area contributed by atoms with Gasteiger partial charge in [0.1, 0.15) is 0 Å². The van der Waals surface area contributed by atoms with Gasteiger partial charge in [-0.15, -0.1) is 0 Å². The minimum atomic E-state index is 0.387. The molecule has 1 heterocycles. The number of hydrogen-bond donors (Lipinski definition) is 4. The summed E-state index contributed by atoms with van der Waals surface area (Å²) in [4.78, 5) is 0. The smallest absolute Gasteiger partial charge is 0.0612 e. The lowest BCUT2D eigenvalue weighted by molar-refractivity contribution is 0.149. The summed E-state index contributed by atoms with van der Waals surface area (Å²) in [6.45, 7) is 2.37. The van der Waals surface area contributed by atoms with Crippen LogP contribution in [0.1, 0.15) is 58.3 Å². The van der Waals surface area contributed by atoms with E-state index in [0.29, 0.717) is 24.3 Å². The van der Waals surface area contributed by atoms with Crippen molar-refractivity contribution in [3.05, 3.63) is 0 Å². The molecule has 0 radical (unpaired) electrons. The zero-order valence-electron chi connectivity index (χ0n) is 15.1. The van der Waals surface area contributed by atoms with E-state index in [2.05, 4.69) is 49.3 Å². The minimum absolute atomic E-state index is 0.387.